The van der Waals surface area contributed by atoms with Crippen LogP contribution in [-0.4, -0.2) is 37.2 Å². The van der Waals surface area contributed by atoms with Crippen molar-refractivity contribution in [2.75, 3.05) is 0 Å². The van der Waals surface area contributed by atoms with Gasteiger partial charge in [-0.3, -0.25) is 4.79 Å². The third-order valence-electron chi connectivity index (χ3n) is 6.22. The number of halogens is 1. The summed E-state index contributed by atoms with van der Waals surface area (Å²) in [5.41, 5.74) is 8.91. The van der Waals surface area contributed by atoms with Gasteiger partial charge in [-0.05, 0) is 62.9 Å². The second-order valence-corrected chi connectivity index (χ2v) is 10.1. The van der Waals surface area contributed by atoms with Crippen molar-refractivity contribution < 1.29 is 14.2 Å². The first-order valence-corrected chi connectivity index (χ1v) is 11.9. The normalized spacial score (nSPS) is 15.4. The second-order valence-electron chi connectivity index (χ2n) is 10.1. The van der Waals surface area contributed by atoms with Crippen LogP contribution in [-0.2, 0) is 13.6 Å². The number of aryl methyl sites for hydroxylation is 1. The van der Waals surface area contributed by atoms with Gasteiger partial charge in [0.05, 0.1) is 5.57 Å². The van der Waals surface area contributed by atoms with Crippen molar-refractivity contribution >= 4 is 28.9 Å². The van der Waals surface area contributed by atoms with Gasteiger partial charge in [0, 0.05) is 25.7 Å². The summed E-state index contributed by atoms with van der Waals surface area (Å²) in [5, 5.41) is 2.87. The van der Waals surface area contributed by atoms with Crippen LogP contribution < -0.4 is 16.0 Å². The van der Waals surface area contributed by atoms with E-state index >= 15 is 0 Å². The molecule has 0 saturated heterocycles. The number of hydrogen-bond acceptors (Lipinski definition) is 5. The van der Waals surface area contributed by atoms with Gasteiger partial charge < -0.3 is 15.6 Å². The predicted molar refractivity (Wildman–Crippen MR) is 134 cm³/mol. The third kappa shape index (κ3) is 5.55. The zero-order chi connectivity index (χ0) is 25.2. The Bertz CT molecular complexity index is 1300. The molecule has 0 spiro atoms. The fraction of sp³-hybridized carbons (Fsp3) is 0.423. The van der Waals surface area contributed by atoms with Crippen molar-refractivity contribution in [2.24, 2.45) is 12.8 Å². The van der Waals surface area contributed by atoms with E-state index < -0.39 is 5.82 Å². The SMILES string of the molecule is Cn1c(C2CCCC2)nc2ncnc(C(=O)NCc3cc(F)cc(C(C=[NH+]C(C)(C)C)=CN)c3)c21. The number of imidazole rings is 1. The van der Waals surface area contributed by atoms with Crippen LogP contribution >= 0.6 is 0 Å². The van der Waals surface area contributed by atoms with Gasteiger partial charge in [0.25, 0.3) is 5.91 Å². The van der Waals surface area contributed by atoms with Crippen LogP contribution in [0, 0.1) is 5.82 Å². The van der Waals surface area contributed by atoms with Crippen molar-refractivity contribution in [1.82, 2.24) is 24.8 Å². The first-order chi connectivity index (χ1) is 16.7. The topological polar surface area (TPSA) is 113 Å². The fourth-order valence-corrected chi connectivity index (χ4v) is 4.48. The summed E-state index contributed by atoms with van der Waals surface area (Å²) in [6, 6.07) is 4.62. The highest BCUT2D eigenvalue weighted by atomic mass is 19.1. The molecule has 0 bridgehead atoms. The summed E-state index contributed by atoms with van der Waals surface area (Å²) in [6.45, 7) is 6.20. The van der Waals surface area contributed by atoms with E-state index in [1.54, 1.807) is 12.3 Å². The predicted octanol–water partition coefficient (Wildman–Crippen LogP) is 2.34. The molecular weight excluding hydrogens is 445 g/mol. The minimum atomic E-state index is -0.410. The molecule has 4 rings (SSSR count). The van der Waals surface area contributed by atoms with Crippen LogP contribution in [0.2, 0.25) is 0 Å². The van der Waals surface area contributed by atoms with Gasteiger partial charge in [0.2, 0.25) is 0 Å². The minimum absolute atomic E-state index is 0.132. The van der Waals surface area contributed by atoms with Gasteiger partial charge in [-0.15, -0.1) is 0 Å². The molecule has 3 aromatic rings. The molecule has 2 aromatic heterocycles. The Hall–Kier alpha value is -3.62. The molecule has 1 aliphatic rings. The maximum atomic E-state index is 14.4. The number of carbonyl (C=O) groups excluding carboxylic acids is 1. The number of fused-ring (bicyclic) bond motifs is 1. The molecule has 0 unspecified atom stereocenters. The number of benzene rings is 1. The quantitative estimate of drug-likeness (QED) is 0.471. The zero-order valence-electron chi connectivity index (χ0n) is 20.7. The summed E-state index contributed by atoms with van der Waals surface area (Å²) < 4.78 is 16.4. The third-order valence-corrected chi connectivity index (χ3v) is 6.22. The van der Waals surface area contributed by atoms with Crippen LogP contribution in [0.25, 0.3) is 16.7 Å². The highest BCUT2D eigenvalue weighted by molar-refractivity contribution is 6.07. The monoisotopic (exact) mass is 478 g/mol. The Balaban J connectivity index is 1.55. The molecule has 9 heteroatoms. The van der Waals surface area contributed by atoms with Gasteiger partial charge in [-0.25, -0.2) is 24.3 Å². The van der Waals surface area contributed by atoms with Crippen molar-refractivity contribution in [2.45, 2.75) is 64.5 Å². The van der Waals surface area contributed by atoms with Gasteiger partial charge in [0.15, 0.2) is 23.1 Å². The van der Waals surface area contributed by atoms with E-state index in [-0.39, 0.29) is 23.7 Å². The molecule has 0 atom stereocenters. The lowest BCUT2D eigenvalue weighted by atomic mass is 10.0. The Morgan fingerprint density at radius 3 is 2.69 bits per heavy atom. The molecule has 0 aliphatic heterocycles. The average molecular weight is 479 g/mol. The lowest BCUT2D eigenvalue weighted by Gasteiger charge is -2.11. The molecule has 1 saturated carbocycles. The van der Waals surface area contributed by atoms with Crippen LogP contribution in [0.5, 0.6) is 0 Å². The number of allylic oxidation sites excluding steroid dienone is 1. The zero-order valence-corrected chi connectivity index (χ0v) is 20.7. The number of amides is 1. The van der Waals surface area contributed by atoms with E-state index in [0.29, 0.717) is 33.8 Å². The van der Waals surface area contributed by atoms with Gasteiger partial charge >= 0.3 is 0 Å². The molecule has 1 aromatic carbocycles. The highest BCUT2D eigenvalue weighted by Crippen LogP contribution is 2.34. The summed E-state index contributed by atoms with van der Waals surface area (Å²) in [6.07, 6.45) is 9.11. The highest BCUT2D eigenvalue weighted by Gasteiger charge is 2.25. The Morgan fingerprint density at radius 2 is 2.00 bits per heavy atom. The summed E-state index contributed by atoms with van der Waals surface area (Å²) in [4.78, 5) is 29.6. The summed E-state index contributed by atoms with van der Waals surface area (Å²) in [7, 11) is 1.91. The molecule has 35 heavy (non-hydrogen) atoms. The van der Waals surface area contributed by atoms with Crippen LogP contribution in [0.4, 0.5) is 4.39 Å². The number of hydrogen-bond donors (Lipinski definition) is 3. The van der Waals surface area contributed by atoms with Crippen LogP contribution in [0.15, 0.2) is 30.7 Å². The fourth-order valence-electron chi connectivity index (χ4n) is 4.48. The van der Waals surface area contributed by atoms with E-state index in [1.807, 2.05) is 32.4 Å². The van der Waals surface area contributed by atoms with Crippen molar-refractivity contribution in [3.05, 3.63) is 59.2 Å². The second kappa shape index (κ2) is 9.93. The number of rotatable bonds is 6. The molecule has 4 N–H and O–H groups in total. The maximum Gasteiger partial charge on any atom is 0.272 e. The molecule has 1 amide bonds. The molecule has 184 valence electrons. The Labute approximate surface area is 204 Å². The molecule has 2 heterocycles. The van der Waals surface area contributed by atoms with Gasteiger partial charge in [-0.1, -0.05) is 12.8 Å². The largest absolute Gasteiger partial charge is 0.404 e. The van der Waals surface area contributed by atoms with Crippen LogP contribution in [0.3, 0.4) is 0 Å². The molecule has 0 radical (unpaired) electrons. The summed E-state index contributed by atoms with van der Waals surface area (Å²) >= 11 is 0. The lowest BCUT2D eigenvalue weighted by molar-refractivity contribution is -0.533. The molecule has 1 fully saturated rings. The minimum Gasteiger partial charge on any atom is -0.404 e. The first kappa shape index (κ1) is 24.5. The number of carbonyl (C=O) groups is 1. The standard InChI is InChI=1S/C26H32FN7O/c1-26(2,3)32-14-19(12-28)18-9-16(10-20(27)11-18)13-29-25(35)21-22-23(31-15-30-21)33-24(34(22)4)17-7-5-6-8-17/h9-12,14-15,17H,5-8,13,28H2,1-4H3,(H,29,35)/p+1. The Morgan fingerprint density at radius 1 is 1.26 bits per heavy atom. The van der Waals surface area contributed by atoms with Gasteiger partial charge in [-0.2, -0.15) is 0 Å². The van der Waals surface area contributed by atoms with Crippen molar-refractivity contribution in [3.8, 4) is 0 Å². The van der Waals surface area contributed by atoms with E-state index in [0.717, 1.165) is 18.7 Å². The molecule has 1 aliphatic carbocycles. The Kier molecular flexibility index (Phi) is 6.95. The van der Waals surface area contributed by atoms with E-state index in [1.165, 1.54) is 37.5 Å². The first-order valence-electron chi connectivity index (χ1n) is 11.9. The molecular formula is C26H33FN7O+. The van der Waals surface area contributed by atoms with E-state index in [4.69, 9.17) is 10.7 Å². The maximum absolute atomic E-state index is 14.4. The van der Waals surface area contributed by atoms with Crippen molar-refractivity contribution in [1.29, 1.82) is 0 Å². The van der Waals surface area contributed by atoms with Crippen molar-refractivity contribution in [3.63, 3.8) is 0 Å². The average Bonchev–Trinajstić information content (AvgIpc) is 3.45. The molecule has 8 nitrogen and oxygen atoms in total. The number of nitrogens with one attached hydrogen (secondary N) is 2. The summed E-state index contributed by atoms with van der Waals surface area (Å²) in [5.74, 6) is 0.556. The number of nitrogens with zero attached hydrogens (tertiary/aromatic N) is 4. The van der Waals surface area contributed by atoms with E-state index in [2.05, 4.69) is 20.3 Å². The van der Waals surface area contributed by atoms with E-state index in [9.17, 15) is 9.18 Å². The number of aromatic nitrogens is 4. The smallest absolute Gasteiger partial charge is 0.272 e. The van der Waals surface area contributed by atoms with Gasteiger partial charge in [0.1, 0.15) is 23.5 Å². The van der Waals surface area contributed by atoms with Crippen LogP contribution in [0.1, 0.15) is 79.8 Å². The lowest BCUT2D eigenvalue weighted by Crippen LogP contribution is -2.81. The number of nitrogens with two attached hydrogens (primary N) is 1.